The molecule has 27 nitrogen and oxygen atoms in total. The van der Waals surface area contributed by atoms with Crippen LogP contribution in [0.15, 0.2) is 72.9 Å². The lowest BCUT2D eigenvalue weighted by atomic mass is 9.39. The number of hydrogen-bond donors (Lipinski definition) is 7. The molecule has 6 aromatic rings. The molecule has 530 valence electrons. The number of carbonyl (C=O) groups excluding carboxylic acids is 7. The summed E-state index contributed by atoms with van der Waals surface area (Å²) in [6, 6.07) is 18.4. The minimum absolute atomic E-state index is 0.00306. The Morgan fingerprint density at radius 1 is 0.869 bits per heavy atom. The minimum Gasteiger partial charge on any atom is -0.476 e. The molecule has 3 unspecified atom stereocenters. The second kappa shape index (κ2) is 31.1. The predicted molar refractivity (Wildman–Crippen MR) is 371 cm³/mol. The molecule has 2 aromatic carbocycles. The number of aromatic nitrogens is 6. The summed E-state index contributed by atoms with van der Waals surface area (Å²) in [5, 5.41) is 46.5. The van der Waals surface area contributed by atoms with Gasteiger partial charge in [-0.15, -0.1) is 10.2 Å². The van der Waals surface area contributed by atoms with Crippen molar-refractivity contribution in [3.63, 3.8) is 0 Å². The zero-order valence-electron chi connectivity index (χ0n) is 57.7. The highest BCUT2D eigenvalue weighted by atomic mass is 32.1. The number of benzene rings is 2. The van der Waals surface area contributed by atoms with E-state index in [4.69, 9.17) is 25.0 Å². The van der Waals surface area contributed by atoms with Crippen LogP contribution in [0.5, 0.6) is 0 Å². The molecule has 1 aliphatic heterocycles. The number of ketones is 1. The Morgan fingerprint density at radius 3 is 2.29 bits per heavy atom. The number of carboxylic acids is 1. The molecule has 4 saturated carbocycles. The van der Waals surface area contributed by atoms with E-state index in [0.29, 0.717) is 64.3 Å². The fourth-order valence-corrected chi connectivity index (χ4v) is 16.8. The normalized spacial score (nSPS) is 21.4. The number of likely N-dealkylation sites (tertiary alicyclic amines) is 1. The molecule has 5 heterocycles. The van der Waals surface area contributed by atoms with Gasteiger partial charge in [0.2, 0.25) is 23.6 Å². The summed E-state index contributed by atoms with van der Waals surface area (Å²) < 4.78 is 21.5. The van der Waals surface area contributed by atoms with Gasteiger partial charge in [0.05, 0.1) is 54.4 Å². The lowest BCUT2D eigenvalue weighted by molar-refractivity contribution is -0.248. The molecule has 7 amide bonds. The molecule has 0 radical (unpaired) electrons. The van der Waals surface area contributed by atoms with E-state index in [9.17, 15) is 48.6 Å². The van der Waals surface area contributed by atoms with Gasteiger partial charge in [0.1, 0.15) is 12.4 Å². The third-order valence-corrected chi connectivity index (χ3v) is 20.5. The Balaban J connectivity index is 0.726. The van der Waals surface area contributed by atoms with Gasteiger partial charge in [-0.05, 0) is 147 Å². The van der Waals surface area contributed by atoms with Crippen LogP contribution in [0.4, 0.5) is 37.9 Å². The number of pyridine rings is 1. The maximum absolute atomic E-state index is 13.9. The van der Waals surface area contributed by atoms with Crippen LogP contribution in [0.25, 0.3) is 21.3 Å². The Bertz CT molecular complexity index is 3920. The molecular formula is C71H92N14O13S. The summed E-state index contributed by atoms with van der Waals surface area (Å²) in [7, 11) is 1.77. The summed E-state index contributed by atoms with van der Waals surface area (Å²) in [5.41, 5.74) is 9.14. The van der Waals surface area contributed by atoms with Gasteiger partial charge in [0.25, 0.3) is 0 Å². The molecule has 4 aliphatic carbocycles. The smallest absolute Gasteiger partial charge is 0.410 e. The SMILES string of the molecule is Cc1cc(N(C)c2ccc(-c3cnn(CC45CC6(OCCN(CCCO)C(=O)OCc7ccc(NC(=O)[C@H](CCCNC(N)=O)CC(=O)[C@@H](NC(=O)CCOCCN8C(=O)CC(C)C8=O)C(C)C)cc7)C[C@](C)(C4)C[C@](C)(C5)C6)c3C)c(C(=O)O)n2)nnc1Nc1nc2ccccc2s1. The summed E-state index contributed by atoms with van der Waals surface area (Å²) in [5.74, 6) is -3.09. The zero-order valence-corrected chi connectivity index (χ0v) is 58.5. The Labute approximate surface area is 579 Å². The molecule has 4 aromatic heterocycles. The number of aliphatic hydroxyl groups excluding tert-OH is 1. The first kappa shape index (κ1) is 72.7. The van der Waals surface area contributed by atoms with Crippen LogP contribution >= 0.6 is 11.3 Å². The number of urea groups is 1. The number of anilines is 5. The van der Waals surface area contributed by atoms with E-state index in [1.807, 2.05) is 48.9 Å². The van der Waals surface area contributed by atoms with Crippen molar-refractivity contribution in [2.45, 2.75) is 150 Å². The van der Waals surface area contributed by atoms with Crippen LogP contribution in [-0.4, -0.2) is 169 Å². The van der Waals surface area contributed by atoms with E-state index >= 15 is 0 Å². The van der Waals surface area contributed by atoms with E-state index in [0.717, 1.165) is 64.9 Å². The van der Waals surface area contributed by atoms with Crippen LogP contribution < -0.4 is 31.9 Å². The van der Waals surface area contributed by atoms with Gasteiger partial charge in [-0.25, -0.2) is 24.4 Å². The van der Waals surface area contributed by atoms with E-state index in [1.54, 1.807) is 80.2 Å². The second-order valence-electron chi connectivity index (χ2n) is 28.5. The third-order valence-electron chi connectivity index (χ3n) is 19.6. The topological polar surface area (TPSA) is 358 Å². The molecule has 5 fully saturated rings. The van der Waals surface area contributed by atoms with Crippen LogP contribution in [0, 0.1) is 47.8 Å². The average molecular weight is 1380 g/mol. The number of para-hydroxylation sites is 1. The first-order chi connectivity index (χ1) is 47.1. The summed E-state index contributed by atoms with van der Waals surface area (Å²) >= 11 is 1.52. The number of nitrogens with two attached hydrogens (primary N) is 1. The van der Waals surface area contributed by atoms with Crippen LogP contribution in [0.1, 0.15) is 139 Å². The molecule has 0 spiro atoms. The van der Waals surface area contributed by atoms with Crippen molar-refractivity contribution in [1.29, 1.82) is 0 Å². The Morgan fingerprint density at radius 2 is 1.62 bits per heavy atom. The summed E-state index contributed by atoms with van der Waals surface area (Å²) in [6.07, 6.45) is 7.40. The number of aryl methyl sites for hydroxylation is 1. The molecule has 1 saturated heterocycles. The maximum Gasteiger partial charge on any atom is 0.410 e. The van der Waals surface area contributed by atoms with E-state index in [-0.39, 0.29) is 136 Å². The standard InChI is InChI=1S/C71H92N14O13S/c1-43(2)59(78-57(88)22-28-96-29-26-84-58(89)32-45(4)63(84)91)53(87)33-48(13-11-23-73-65(72)94)62(90)75-49-18-16-47(17-19-49)35-97-67(95)83(24-12-27-86)25-30-98-71-39-68(6)36-69(7,40-71)38-70(37-68,41-71)42-85-46(5)51(34-74-85)50-20-21-55(77-60(50)64(92)93)82(8)56-31-44(3)61(81-80-56)79-66-76-52-14-9-10-15-54(52)99-66/h9-10,14-21,31,34,43,45,48,59,86H,11-13,22-30,32-33,35-42H2,1-8H3,(H,75,90)(H,78,88)(H,92,93)(H3,72,73,94)(H,76,79,81)/t45?,48-,59+,68-,69+,70?,71?/m1/s1. The zero-order chi connectivity index (χ0) is 71.0. The van der Waals surface area contributed by atoms with Crippen molar-refractivity contribution in [1.82, 2.24) is 50.4 Å². The number of primary amides is 1. The first-order valence-corrected chi connectivity index (χ1v) is 34.8. The molecule has 7 atom stereocenters. The number of aliphatic hydroxyl groups is 1. The Hall–Kier alpha value is -8.99. The largest absolute Gasteiger partial charge is 0.476 e. The van der Waals surface area contributed by atoms with Gasteiger partial charge in [0, 0.05) is 93.4 Å². The number of nitrogens with zero attached hydrogens (tertiary/aromatic N) is 9. The number of imide groups is 1. The van der Waals surface area contributed by atoms with Crippen molar-refractivity contribution in [2.75, 3.05) is 75.2 Å². The summed E-state index contributed by atoms with van der Waals surface area (Å²) in [6.45, 7) is 15.2. The molecule has 4 bridgehead atoms. The fraction of sp³-hybridized carbons (Fsp3) is 0.535. The van der Waals surface area contributed by atoms with Crippen molar-refractivity contribution < 1.29 is 62.8 Å². The number of aromatic carboxylic acids is 1. The highest BCUT2D eigenvalue weighted by Gasteiger charge is 2.66. The van der Waals surface area contributed by atoms with Crippen LogP contribution in [0.3, 0.4) is 0 Å². The predicted octanol–water partition coefficient (Wildman–Crippen LogP) is 9.23. The number of carbonyl (C=O) groups is 8. The number of ether oxygens (including phenoxy) is 3. The van der Waals surface area contributed by atoms with E-state index in [1.165, 1.54) is 11.3 Å². The van der Waals surface area contributed by atoms with Gasteiger partial charge >= 0.3 is 18.1 Å². The lowest BCUT2D eigenvalue weighted by Gasteiger charge is -2.69. The van der Waals surface area contributed by atoms with Gasteiger partial charge in [0.15, 0.2) is 28.2 Å². The number of rotatable bonds is 34. The number of nitrogens with one attached hydrogen (secondary N) is 4. The molecular weight excluding hydrogens is 1290 g/mol. The molecule has 99 heavy (non-hydrogen) atoms. The molecule has 11 rings (SSSR count). The number of hydrogen-bond acceptors (Lipinski definition) is 20. The Kier molecular flexibility index (Phi) is 22.8. The molecule has 28 heteroatoms. The lowest BCUT2D eigenvalue weighted by Crippen LogP contribution is -2.64. The van der Waals surface area contributed by atoms with Crippen LogP contribution in [0.2, 0.25) is 0 Å². The number of fused-ring (bicyclic) bond motifs is 1. The van der Waals surface area contributed by atoms with Gasteiger partial charge < -0.3 is 61.2 Å². The van der Waals surface area contributed by atoms with Crippen molar-refractivity contribution >= 4 is 97.3 Å². The highest BCUT2D eigenvalue weighted by Crippen LogP contribution is 2.72. The highest BCUT2D eigenvalue weighted by molar-refractivity contribution is 7.22. The van der Waals surface area contributed by atoms with Gasteiger partial charge in [-0.2, -0.15) is 5.10 Å². The van der Waals surface area contributed by atoms with Crippen molar-refractivity contribution in [2.24, 2.45) is 39.7 Å². The summed E-state index contributed by atoms with van der Waals surface area (Å²) in [4.78, 5) is 117. The van der Waals surface area contributed by atoms with Crippen LogP contribution in [-0.2, 0) is 51.3 Å². The van der Waals surface area contributed by atoms with Gasteiger partial charge in [-0.1, -0.05) is 70.2 Å². The average Bonchev–Trinajstić information content (AvgIpc) is 1.17. The molecule has 8 N–H and O–H groups in total. The van der Waals surface area contributed by atoms with E-state index < -0.39 is 47.5 Å². The number of Topliss-reactive ketones (excluding diaryl/α,β-unsaturated/α-hetero) is 1. The van der Waals surface area contributed by atoms with Crippen molar-refractivity contribution in [3.8, 4) is 11.1 Å². The minimum atomic E-state index is -1.18. The third kappa shape index (κ3) is 17.7. The number of carboxylic acid groups (broad SMARTS) is 1. The second-order valence-corrected chi connectivity index (χ2v) is 29.6. The van der Waals surface area contributed by atoms with E-state index in [2.05, 4.69) is 55.3 Å². The fourth-order valence-electron chi connectivity index (χ4n) is 16.0. The number of amides is 7. The van der Waals surface area contributed by atoms with Gasteiger partial charge in [-0.3, -0.25) is 33.6 Å². The first-order valence-electron chi connectivity index (χ1n) is 34.0. The quantitative estimate of drug-likeness (QED) is 0.0146. The molecule has 5 aliphatic rings. The monoisotopic (exact) mass is 1380 g/mol. The number of thiazole rings is 1. The maximum atomic E-state index is 13.9. The van der Waals surface area contributed by atoms with Crippen molar-refractivity contribution in [3.05, 3.63) is 95.4 Å².